The van der Waals surface area contributed by atoms with Gasteiger partial charge in [0.2, 0.25) is 18.6 Å². The zero-order valence-electron chi connectivity index (χ0n) is 16.8. The number of fused-ring (bicyclic) bond motifs is 2. The van der Waals surface area contributed by atoms with Crippen molar-refractivity contribution in [2.45, 2.75) is 41.4 Å². The number of carbonyl (C=O) groups is 2. The number of rotatable bonds is 7. The van der Waals surface area contributed by atoms with Crippen molar-refractivity contribution in [2.75, 3.05) is 17.9 Å². The second kappa shape index (κ2) is 8.80. The molecule has 31 heavy (non-hydrogen) atoms. The summed E-state index contributed by atoms with van der Waals surface area (Å²) in [5.74, 6) is 0.465. The number of ether oxygens (including phenoxy) is 2. The van der Waals surface area contributed by atoms with E-state index in [0.717, 1.165) is 10.5 Å². The fourth-order valence-corrected chi connectivity index (χ4v) is 5.56. The van der Waals surface area contributed by atoms with Crippen molar-refractivity contribution in [1.29, 1.82) is 0 Å². The molecule has 4 rings (SSSR count). The van der Waals surface area contributed by atoms with Crippen LogP contribution in [0.3, 0.4) is 0 Å². The van der Waals surface area contributed by atoms with Gasteiger partial charge in [-0.05, 0) is 42.3 Å². The summed E-state index contributed by atoms with van der Waals surface area (Å²) < 4.78 is 35.9. The monoisotopic (exact) mass is 462 g/mol. The highest BCUT2D eigenvalue weighted by atomic mass is 32.2. The minimum Gasteiger partial charge on any atom is -0.454 e. The maximum absolute atomic E-state index is 12.7. The molecule has 2 amide bonds. The van der Waals surface area contributed by atoms with Gasteiger partial charge in [-0.15, -0.1) is 11.8 Å². The normalized spacial score (nSPS) is 17.1. The van der Waals surface area contributed by atoms with Gasteiger partial charge in [-0.3, -0.25) is 9.59 Å². The molecule has 1 atom stereocenters. The lowest BCUT2D eigenvalue weighted by Gasteiger charge is -2.23. The number of hydrogen-bond acceptors (Lipinski definition) is 7. The van der Waals surface area contributed by atoms with E-state index in [1.165, 1.54) is 23.9 Å². The van der Waals surface area contributed by atoms with Gasteiger partial charge in [0.15, 0.2) is 21.3 Å². The minimum atomic E-state index is -3.67. The predicted octanol–water partition coefficient (Wildman–Crippen LogP) is 2.72. The molecule has 8 nitrogen and oxygen atoms in total. The standard InChI is InChI=1S/C21H22N2O6S2/c1-2-18-21(25)23-15-10-14(4-6-19(15)30-18)31(26,27)8-7-20(24)22-11-13-3-5-16-17(9-13)29-12-28-16/h3-6,9-10,18H,2,7-8,11-12H2,1H3,(H,22,24)(H,23,25)/t18-/m1/s1. The fraction of sp³-hybridized carbons (Fsp3) is 0.333. The molecule has 2 aromatic rings. The van der Waals surface area contributed by atoms with E-state index in [0.29, 0.717) is 23.6 Å². The summed E-state index contributed by atoms with van der Waals surface area (Å²) in [4.78, 5) is 25.2. The van der Waals surface area contributed by atoms with E-state index in [9.17, 15) is 18.0 Å². The Morgan fingerprint density at radius 2 is 2.00 bits per heavy atom. The van der Waals surface area contributed by atoms with Gasteiger partial charge in [0.1, 0.15) is 0 Å². The molecule has 10 heteroatoms. The van der Waals surface area contributed by atoms with Gasteiger partial charge in [0, 0.05) is 17.9 Å². The number of thioether (sulfide) groups is 1. The minimum absolute atomic E-state index is 0.0886. The van der Waals surface area contributed by atoms with Crippen molar-refractivity contribution in [1.82, 2.24) is 5.32 Å². The highest BCUT2D eigenvalue weighted by Gasteiger charge is 2.27. The first kappa shape index (κ1) is 21.5. The summed E-state index contributed by atoms with van der Waals surface area (Å²) >= 11 is 1.43. The van der Waals surface area contributed by atoms with Crippen LogP contribution in [0.15, 0.2) is 46.2 Å². The number of anilines is 1. The zero-order valence-corrected chi connectivity index (χ0v) is 18.5. The molecule has 2 aliphatic rings. The van der Waals surface area contributed by atoms with E-state index >= 15 is 0 Å². The van der Waals surface area contributed by atoms with Gasteiger partial charge < -0.3 is 20.1 Å². The van der Waals surface area contributed by atoms with Crippen molar-refractivity contribution in [2.24, 2.45) is 0 Å². The molecular weight excluding hydrogens is 440 g/mol. The maximum atomic E-state index is 12.7. The Kier molecular flexibility index (Phi) is 6.10. The average Bonchev–Trinajstić information content (AvgIpc) is 3.23. The van der Waals surface area contributed by atoms with Crippen molar-refractivity contribution < 1.29 is 27.5 Å². The number of amides is 2. The second-order valence-corrected chi connectivity index (χ2v) is 10.5. The van der Waals surface area contributed by atoms with E-state index in [1.54, 1.807) is 18.2 Å². The highest BCUT2D eigenvalue weighted by Crippen LogP contribution is 2.38. The Morgan fingerprint density at radius 1 is 1.19 bits per heavy atom. The SMILES string of the molecule is CC[C@H]1Sc2ccc(S(=O)(=O)CCC(=O)NCc3ccc4c(c3)OCO4)cc2NC1=O. The number of benzene rings is 2. The summed E-state index contributed by atoms with van der Waals surface area (Å²) in [6.45, 7) is 2.36. The van der Waals surface area contributed by atoms with Crippen LogP contribution in [-0.2, 0) is 26.0 Å². The first-order valence-electron chi connectivity index (χ1n) is 9.85. The van der Waals surface area contributed by atoms with Crippen LogP contribution < -0.4 is 20.1 Å². The first-order chi connectivity index (χ1) is 14.9. The molecule has 0 aliphatic carbocycles. The van der Waals surface area contributed by atoms with Crippen LogP contribution in [0, 0.1) is 0 Å². The molecule has 0 radical (unpaired) electrons. The zero-order chi connectivity index (χ0) is 22.0. The van der Waals surface area contributed by atoms with E-state index in [-0.39, 0.29) is 47.5 Å². The molecule has 164 valence electrons. The smallest absolute Gasteiger partial charge is 0.237 e. The maximum Gasteiger partial charge on any atom is 0.237 e. The summed E-state index contributed by atoms with van der Waals surface area (Å²) in [6.07, 6.45) is 0.528. The highest BCUT2D eigenvalue weighted by molar-refractivity contribution is 8.01. The molecule has 2 aliphatic heterocycles. The van der Waals surface area contributed by atoms with Gasteiger partial charge in [-0.1, -0.05) is 13.0 Å². The molecule has 2 heterocycles. The summed E-state index contributed by atoms with van der Waals surface area (Å²) in [5.41, 5.74) is 1.32. The Bertz CT molecular complexity index is 1130. The molecule has 0 saturated carbocycles. The number of hydrogen-bond donors (Lipinski definition) is 2. The number of nitrogens with one attached hydrogen (secondary N) is 2. The summed E-state index contributed by atoms with van der Waals surface area (Å²) in [7, 11) is -3.67. The van der Waals surface area contributed by atoms with Gasteiger partial charge in [0.05, 0.1) is 21.6 Å². The third kappa shape index (κ3) is 4.80. The third-order valence-electron chi connectivity index (χ3n) is 5.02. The second-order valence-electron chi connectivity index (χ2n) is 7.20. The molecular formula is C21H22N2O6S2. The van der Waals surface area contributed by atoms with Crippen molar-refractivity contribution in [3.8, 4) is 11.5 Å². The lowest BCUT2D eigenvalue weighted by Crippen LogP contribution is -2.28. The lowest BCUT2D eigenvalue weighted by atomic mass is 10.2. The van der Waals surface area contributed by atoms with Crippen LogP contribution >= 0.6 is 11.8 Å². The average molecular weight is 463 g/mol. The topological polar surface area (TPSA) is 111 Å². The van der Waals surface area contributed by atoms with E-state index < -0.39 is 9.84 Å². The van der Waals surface area contributed by atoms with Crippen LogP contribution in [0.2, 0.25) is 0 Å². The molecule has 0 fully saturated rings. The Labute approximate surface area is 184 Å². The first-order valence-corrected chi connectivity index (χ1v) is 12.4. The van der Waals surface area contributed by atoms with Crippen LogP contribution in [0.4, 0.5) is 5.69 Å². The lowest BCUT2D eigenvalue weighted by molar-refractivity contribution is -0.121. The van der Waals surface area contributed by atoms with Gasteiger partial charge in [-0.2, -0.15) is 0 Å². The van der Waals surface area contributed by atoms with E-state index in [1.807, 2.05) is 13.0 Å². The Morgan fingerprint density at radius 3 is 2.81 bits per heavy atom. The fourth-order valence-electron chi connectivity index (χ4n) is 3.28. The van der Waals surface area contributed by atoms with Crippen molar-refractivity contribution >= 4 is 39.1 Å². The Balaban J connectivity index is 1.34. The van der Waals surface area contributed by atoms with E-state index in [2.05, 4.69) is 10.6 Å². The molecule has 0 aromatic heterocycles. The molecule has 0 unspecified atom stereocenters. The molecule has 0 spiro atoms. The van der Waals surface area contributed by atoms with Crippen molar-refractivity contribution in [3.05, 3.63) is 42.0 Å². The van der Waals surface area contributed by atoms with Gasteiger partial charge >= 0.3 is 0 Å². The predicted molar refractivity (Wildman–Crippen MR) is 116 cm³/mol. The largest absolute Gasteiger partial charge is 0.454 e. The summed E-state index contributed by atoms with van der Waals surface area (Å²) in [5, 5.41) is 5.32. The third-order valence-corrected chi connectivity index (χ3v) is 8.18. The molecule has 2 aromatic carbocycles. The Hall–Kier alpha value is -2.72. The van der Waals surface area contributed by atoms with Crippen molar-refractivity contribution in [3.63, 3.8) is 0 Å². The number of sulfone groups is 1. The van der Waals surface area contributed by atoms with Crippen LogP contribution in [0.25, 0.3) is 0 Å². The van der Waals surface area contributed by atoms with Gasteiger partial charge in [-0.25, -0.2) is 8.42 Å². The van der Waals surface area contributed by atoms with E-state index in [4.69, 9.17) is 9.47 Å². The molecule has 0 bridgehead atoms. The van der Waals surface area contributed by atoms with Crippen LogP contribution in [0.1, 0.15) is 25.3 Å². The summed E-state index contributed by atoms with van der Waals surface area (Å²) in [6, 6.07) is 10.1. The van der Waals surface area contributed by atoms with Crippen LogP contribution in [-0.4, -0.2) is 38.0 Å². The molecule has 2 N–H and O–H groups in total. The molecule has 0 saturated heterocycles. The van der Waals surface area contributed by atoms with Crippen LogP contribution in [0.5, 0.6) is 11.5 Å². The quantitative estimate of drug-likeness (QED) is 0.651. The van der Waals surface area contributed by atoms with Gasteiger partial charge in [0.25, 0.3) is 0 Å². The number of carbonyl (C=O) groups excluding carboxylic acids is 2.